The number of hydrogen-bond donors (Lipinski definition) is 0. The number of allylic oxidation sites excluding steroid dienone is 1. The summed E-state index contributed by atoms with van der Waals surface area (Å²) in [6, 6.07) is 9.24. The molecule has 0 fully saturated rings. The molecule has 1 rings (SSSR count). The van der Waals surface area contributed by atoms with E-state index in [1.165, 1.54) is 6.08 Å². The lowest BCUT2D eigenvalue weighted by atomic mass is 10.2. The molecule has 1 aromatic carbocycles. The van der Waals surface area contributed by atoms with E-state index >= 15 is 0 Å². The van der Waals surface area contributed by atoms with Gasteiger partial charge in [-0.25, -0.2) is 4.39 Å². The summed E-state index contributed by atoms with van der Waals surface area (Å²) in [6.45, 7) is 0. The smallest absolute Gasteiger partial charge is 0.115 e. The fourth-order valence-corrected chi connectivity index (χ4v) is 0.846. The van der Waals surface area contributed by atoms with Gasteiger partial charge in [-0.3, -0.25) is 0 Å². The number of alkyl halides is 1. The Balaban J connectivity index is 2.79. The van der Waals surface area contributed by atoms with Gasteiger partial charge in [-0.05, 0) is 11.6 Å². The standard InChI is InChI=1S/C9H8ClF/c10-7-9(11)6-8-4-2-1-3-5-8/h1-6H,7H2. The third kappa shape index (κ3) is 2.72. The van der Waals surface area contributed by atoms with Crippen LogP contribution in [-0.4, -0.2) is 5.88 Å². The maximum atomic E-state index is 12.5. The summed E-state index contributed by atoms with van der Waals surface area (Å²) in [6.07, 6.45) is 1.42. The summed E-state index contributed by atoms with van der Waals surface area (Å²) in [5, 5.41) is 0. The van der Waals surface area contributed by atoms with Gasteiger partial charge in [0.25, 0.3) is 0 Å². The highest BCUT2D eigenvalue weighted by atomic mass is 35.5. The summed E-state index contributed by atoms with van der Waals surface area (Å²) >= 11 is 5.26. The minimum absolute atomic E-state index is 0.0606. The highest BCUT2D eigenvalue weighted by Gasteiger charge is 1.90. The summed E-state index contributed by atoms with van der Waals surface area (Å²) < 4.78 is 12.5. The lowest BCUT2D eigenvalue weighted by Crippen LogP contribution is -1.75. The van der Waals surface area contributed by atoms with Gasteiger partial charge < -0.3 is 0 Å². The van der Waals surface area contributed by atoms with Crippen molar-refractivity contribution in [3.63, 3.8) is 0 Å². The minimum Gasteiger partial charge on any atom is -0.210 e. The van der Waals surface area contributed by atoms with Gasteiger partial charge in [-0.2, -0.15) is 0 Å². The molecule has 1 aromatic rings. The van der Waals surface area contributed by atoms with Crippen molar-refractivity contribution in [3.05, 3.63) is 41.7 Å². The van der Waals surface area contributed by atoms with Crippen molar-refractivity contribution in [2.45, 2.75) is 0 Å². The fourth-order valence-electron chi connectivity index (χ4n) is 0.769. The van der Waals surface area contributed by atoms with Crippen LogP contribution in [0.15, 0.2) is 36.2 Å². The topological polar surface area (TPSA) is 0 Å². The van der Waals surface area contributed by atoms with E-state index in [1.807, 2.05) is 30.3 Å². The summed E-state index contributed by atoms with van der Waals surface area (Å²) in [5.41, 5.74) is 0.839. The number of halogens is 2. The van der Waals surface area contributed by atoms with Crippen molar-refractivity contribution in [1.29, 1.82) is 0 Å². The SMILES string of the molecule is FC(=Cc1ccccc1)CCl. The normalized spacial score (nSPS) is 11.6. The Kier molecular flexibility index (Phi) is 3.12. The van der Waals surface area contributed by atoms with Crippen LogP contribution in [-0.2, 0) is 0 Å². The van der Waals surface area contributed by atoms with E-state index in [-0.39, 0.29) is 11.7 Å². The van der Waals surface area contributed by atoms with Crippen LogP contribution >= 0.6 is 11.6 Å². The molecule has 0 saturated carbocycles. The fraction of sp³-hybridized carbons (Fsp3) is 0.111. The van der Waals surface area contributed by atoms with Gasteiger partial charge in [-0.15, -0.1) is 11.6 Å². The molecular formula is C9H8ClF. The van der Waals surface area contributed by atoms with Crippen LogP contribution in [0.1, 0.15) is 5.56 Å². The van der Waals surface area contributed by atoms with Gasteiger partial charge in [0.15, 0.2) is 0 Å². The Morgan fingerprint density at radius 1 is 1.36 bits per heavy atom. The van der Waals surface area contributed by atoms with Gasteiger partial charge >= 0.3 is 0 Å². The van der Waals surface area contributed by atoms with Crippen LogP contribution in [0.3, 0.4) is 0 Å². The maximum Gasteiger partial charge on any atom is 0.115 e. The maximum absolute atomic E-state index is 12.5. The van der Waals surface area contributed by atoms with Crippen molar-refractivity contribution < 1.29 is 4.39 Å². The van der Waals surface area contributed by atoms with Crippen LogP contribution in [0.5, 0.6) is 0 Å². The Morgan fingerprint density at radius 3 is 2.55 bits per heavy atom. The predicted molar refractivity (Wildman–Crippen MR) is 46.2 cm³/mol. The first kappa shape index (κ1) is 8.28. The van der Waals surface area contributed by atoms with Gasteiger partial charge in [0, 0.05) is 0 Å². The second-order valence-corrected chi connectivity index (χ2v) is 2.40. The van der Waals surface area contributed by atoms with E-state index < -0.39 is 0 Å². The van der Waals surface area contributed by atoms with Crippen molar-refractivity contribution in [1.82, 2.24) is 0 Å². The molecular weight excluding hydrogens is 163 g/mol. The van der Waals surface area contributed by atoms with Crippen molar-refractivity contribution in [3.8, 4) is 0 Å². The van der Waals surface area contributed by atoms with E-state index in [4.69, 9.17) is 11.6 Å². The van der Waals surface area contributed by atoms with Gasteiger partial charge in [0.1, 0.15) is 5.83 Å². The molecule has 0 radical (unpaired) electrons. The second-order valence-electron chi connectivity index (χ2n) is 2.14. The monoisotopic (exact) mass is 170 g/mol. The molecule has 2 heteroatoms. The highest BCUT2D eigenvalue weighted by molar-refractivity contribution is 6.19. The third-order valence-corrected chi connectivity index (χ3v) is 1.51. The molecule has 11 heavy (non-hydrogen) atoms. The van der Waals surface area contributed by atoms with Crippen molar-refractivity contribution >= 4 is 17.7 Å². The first-order valence-electron chi connectivity index (χ1n) is 3.30. The molecule has 0 aliphatic heterocycles. The van der Waals surface area contributed by atoms with E-state index in [9.17, 15) is 4.39 Å². The van der Waals surface area contributed by atoms with Crippen LogP contribution in [0, 0.1) is 0 Å². The molecule has 0 unspecified atom stereocenters. The molecule has 0 aromatic heterocycles. The summed E-state index contributed by atoms with van der Waals surface area (Å²) in [5.74, 6) is -0.368. The lowest BCUT2D eigenvalue weighted by molar-refractivity contribution is 0.651. The quantitative estimate of drug-likeness (QED) is 0.598. The van der Waals surface area contributed by atoms with Crippen molar-refractivity contribution in [2.24, 2.45) is 0 Å². The Hall–Kier alpha value is -0.820. The molecule has 0 saturated heterocycles. The first-order chi connectivity index (χ1) is 5.33. The van der Waals surface area contributed by atoms with Gasteiger partial charge in [0.05, 0.1) is 5.88 Å². The molecule has 0 heterocycles. The Bertz CT molecular complexity index is 241. The van der Waals surface area contributed by atoms with Crippen molar-refractivity contribution in [2.75, 3.05) is 5.88 Å². The Morgan fingerprint density at radius 2 is 2.00 bits per heavy atom. The predicted octanol–water partition coefficient (Wildman–Crippen LogP) is 3.24. The molecule has 0 bridgehead atoms. The molecule has 0 amide bonds. The highest BCUT2D eigenvalue weighted by Crippen LogP contribution is 2.08. The largest absolute Gasteiger partial charge is 0.210 e. The van der Waals surface area contributed by atoms with Gasteiger partial charge in [-0.1, -0.05) is 30.3 Å². The molecule has 0 nitrogen and oxygen atoms in total. The number of rotatable bonds is 2. The van der Waals surface area contributed by atoms with E-state index in [2.05, 4.69) is 0 Å². The van der Waals surface area contributed by atoms with E-state index in [0.29, 0.717) is 0 Å². The average molecular weight is 171 g/mol. The second kappa shape index (κ2) is 4.14. The molecule has 58 valence electrons. The lowest BCUT2D eigenvalue weighted by Gasteiger charge is -1.91. The van der Waals surface area contributed by atoms with Crippen LogP contribution in [0.2, 0.25) is 0 Å². The number of hydrogen-bond acceptors (Lipinski definition) is 0. The number of benzene rings is 1. The molecule has 0 N–H and O–H groups in total. The van der Waals surface area contributed by atoms with Gasteiger partial charge in [0.2, 0.25) is 0 Å². The van der Waals surface area contributed by atoms with Crippen LogP contribution in [0.4, 0.5) is 4.39 Å². The molecule has 0 aliphatic carbocycles. The zero-order chi connectivity index (χ0) is 8.10. The third-order valence-electron chi connectivity index (χ3n) is 1.25. The average Bonchev–Trinajstić information content (AvgIpc) is 2.06. The minimum atomic E-state index is -0.308. The van der Waals surface area contributed by atoms with E-state index in [0.717, 1.165) is 5.56 Å². The summed E-state index contributed by atoms with van der Waals surface area (Å²) in [4.78, 5) is 0. The zero-order valence-corrected chi connectivity index (χ0v) is 6.68. The first-order valence-corrected chi connectivity index (χ1v) is 3.83. The molecule has 0 atom stereocenters. The van der Waals surface area contributed by atoms with Crippen LogP contribution < -0.4 is 0 Å². The molecule has 0 aliphatic rings. The van der Waals surface area contributed by atoms with Crippen LogP contribution in [0.25, 0.3) is 6.08 Å². The van der Waals surface area contributed by atoms with E-state index in [1.54, 1.807) is 0 Å². The zero-order valence-electron chi connectivity index (χ0n) is 5.93. The summed E-state index contributed by atoms with van der Waals surface area (Å²) in [7, 11) is 0. The Labute approximate surface area is 70.3 Å². The molecule has 0 spiro atoms.